The van der Waals surface area contributed by atoms with Crippen LogP contribution in [0, 0.1) is 5.92 Å². The quantitative estimate of drug-likeness (QED) is 0.493. The molecule has 0 radical (unpaired) electrons. The van der Waals surface area contributed by atoms with Crippen LogP contribution in [-0.2, 0) is 19.1 Å². The van der Waals surface area contributed by atoms with Crippen molar-refractivity contribution in [3.63, 3.8) is 0 Å². The highest BCUT2D eigenvalue weighted by molar-refractivity contribution is 6.25. The number of primary amides is 1. The number of rotatable bonds is 4. The van der Waals surface area contributed by atoms with E-state index >= 15 is 0 Å². The number of fused-ring (bicyclic) bond motifs is 4. The van der Waals surface area contributed by atoms with Crippen LogP contribution in [0.25, 0.3) is 0 Å². The van der Waals surface area contributed by atoms with Crippen LogP contribution >= 0.6 is 0 Å². The Bertz CT molecular complexity index is 874. The zero-order valence-electron chi connectivity index (χ0n) is 16.7. The van der Waals surface area contributed by atoms with E-state index in [9.17, 15) is 14.4 Å². The number of allylic oxidation sites excluding steroid dienone is 2. The average Bonchev–Trinajstić information content (AvgIpc) is 3.32. The molecule has 4 heterocycles. The van der Waals surface area contributed by atoms with Crippen LogP contribution in [-0.4, -0.2) is 78.6 Å². The summed E-state index contributed by atoms with van der Waals surface area (Å²) < 4.78 is 11.1. The Morgan fingerprint density at radius 1 is 1.21 bits per heavy atom. The molecule has 9 heteroatoms. The Labute approximate surface area is 168 Å². The Hall–Kier alpha value is -2.39. The fourth-order valence-electron chi connectivity index (χ4n) is 5.78. The number of nitrogens with one attached hydrogen (secondary N) is 1. The Balaban J connectivity index is 1.59. The summed E-state index contributed by atoms with van der Waals surface area (Å²) in [4.78, 5) is 42.5. The molecule has 0 aromatic rings. The molecule has 5 rings (SSSR count). The van der Waals surface area contributed by atoms with Gasteiger partial charge in [-0.05, 0) is 26.2 Å². The van der Waals surface area contributed by atoms with Gasteiger partial charge in [0.1, 0.15) is 6.61 Å². The number of Topliss-reactive ketones (excluding diaryl/α,β-unsaturated/α-hetero) is 2. The van der Waals surface area contributed by atoms with Crippen LogP contribution < -0.4 is 11.1 Å². The van der Waals surface area contributed by atoms with Crippen molar-refractivity contribution >= 4 is 17.7 Å². The van der Waals surface area contributed by atoms with Crippen molar-refractivity contribution < 1.29 is 23.9 Å². The molecule has 0 saturated carbocycles. The SMILES string of the molecule is COC12[C@@H]3N[C@@H]3CN1C1=C(C(=O)C(N3CCCCC3)=C(C)C1=O)[C@@H]2COC(N)=O. The smallest absolute Gasteiger partial charge is 0.404 e. The van der Waals surface area contributed by atoms with Crippen molar-refractivity contribution in [2.24, 2.45) is 11.7 Å². The third kappa shape index (κ3) is 2.37. The number of ketones is 2. The molecule has 5 aliphatic rings. The summed E-state index contributed by atoms with van der Waals surface area (Å²) in [5.41, 5.74) is 6.08. The molecule has 0 aromatic heterocycles. The maximum atomic E-state index is 13.7. The van der Waals surface area contributed by atoms with Gasteiger partial charge < -0.3 is 30.3 Å². The lowest BCUT2D eigenvalue weighted by atomic mass is 9.82. The minimum Gasteiger partial charge on any atom is -0.449 e. The molecule has 9 nitrogen and oxygen atoms in total. The molecule has 29 heavy (non-hydrogen) atoms. The number of piperazine rings is 1. The number of carbonyl (C=O) groups is 3. The molecule has 4 atom stereocenters. The molecular weight excluding hydrogens is 376 g/mol. The van der Waals surface area contributed by atoms with Crippen LogP contribution in [0.5, 0.6) is 0 Å². The highest BCUT2D eigenvalue weighted by Crippen LogP contribution is 2.56. The minimum absolute atomic E-state index is 0.0288. The number of ether oxygens (including phenoxy) is 2. The maximum Gasteiger partial charge on any atom is 0.404 e. The molecule has 0 aromatic carbocycles. The summed E-state index contributed by atoms with van der Waals surface area (Å²) in [7, 11) is 1.58. The van der Waals surface area contributed by atoms with Gasteiger partial charge in [-0.3, -0.25) is 9.59 Å². The van der Waals surface area contributed by atoms with Crippen LogP contribution in [0.15, 0.2) is 22.5 Å². The molecule has 3 saturated heterocycles. The largest absolute Gasteiger partial charge is 0.449 e. The van der Waals surface area contributed by atoms with E-state index in [1.165, 1.54) is 0 Å². The van der Waals surface area contributed by atoms with Gasteiger partial charge in [-0.25, -0.2) is 4.79 Å². The lowest BCUT2D eigenvalue weighted by Crippen LogP contribution is -2.55. The van der Waals surface area contributed by atoms with E-state index in [0.29, 0.717) is 29.1 Å². The van der Waals surface area contributed by atoms with Gasteiger partial charge in [0.2, 0.25) is 11.6 Å². The monoisotopic (exact) mass is 402 g/mol. The summed E-state index contributed by atoms with van der Waals surface area (Å²) in [5.74, 6) is -0.867. The van der Waals surface area contributed by atoms with Gasteiger partial charge in [0.15, 0.2) is 5.72 Å². The number of hydrogen-bond donors (Lipinski definition) is 2. The van der Waals surface area contributed by atoms with Crippen molar-refractivity contribution in [2.75, 3.05) is 33.4 Å². The first kappa shape index (κ1) is 18.6. The number of amides is 1. The fraction of sp³-hybridized carbons (Fsp3) is 0.650. The van der Waals surface area contributed by atoms with Gasteiger partial charge >= 0.3 is 6.09 Å². The zero-order chi connectivity index (χ0) is 20.5. The number of hydrogen-bond acceptors (Lipinski definition) is 8. The zero-order valence-corrected chi connectivity index (χ0v) is 16.7. The van der Waals surface area contributed by atoms with Crippen LogP contribution in [0.1, 0.15) is 26.2 Å². The highest BCUT2D eigenvalue weighted by Gasteiger charge is 2.72. The maximum absolute atomic E-state index is 13.7. The second-order valence-corrected chi connectivity index (χ2v) is 8.44. The van der Waals surface area contributed by atoms with Crippen molar-refractivity contribution in [2.45, 2.75) is 44.0 Å². The van der Waals surface area contributed by atoms with Gasteiger partial charge in [-0.1, -0.05) is 0 Å². The first-order chi connectivity index (χ1) is 13.9. The van der Waals surface area contributed by atoms with E-state index < -0.39 is 17.7 Å². The first-order valence-corrected chi connectivity index (χ1v) is 10.2. The van der Waals surface area contributed by atoms with Gasteiger partial charge in [0, 0.05) is 43.9 Å². The molecule has 3 N–H and O–H groups in total. The highest BCUT2D eigenvalue weighted by atomic mass is 16.6. The predicted octanol–water partition coefficient (Wildman–Crippen LogP) is -0.124. The summed E-state index contributed by atoms with van der Waals surface area (Å²) >= 11 is 0. The molecule has 156 valence electrons. The Morgan fingerprint density at radius 2 is 1.93 bits per heavy atom. The van der Waals surface area contributed by atoms with E-state index in [-0.39, 0.29) is 30.3 Å². The third-order valence-corrected chi connectivity index (χ3v) is 7.07. The number of likely N-dealkylation sites (tertiary alicyclic amines) is 1. The predicted molar refractivity (Wildman–Crippen MR) is 101 cm³/mol. The lowest BCUT2D eigenvalue weighted by Gasteiger charge is -2.39. The molecule has 1 amide bonds. The second-order valence-electron chi connectivity index (χ2n) is 8.44. The number of piperidine rings is 1. The van der Waals surface area contributed by atoms with E-state index in [2.05, 4.69) is 5.32 Å². The molecule has 0 spiro atoms. The molecule has 1 aliphatic carbocycles. The number of nitrogens with two attached hydrogens (primary N) is 1. The van der Waals surface area contributed by atoms with Crippen molar-refractivity contribution in [3.05, 3.63) is 22.5 Å². The minimum atomic E-state index is -0.923. The fourth-order valence-corrected chi connectivity index (χ4v) is 5.78. The van der Waals surface area contributed by atoms with Gasteiger partial charge in [0.25, 0.3) is 0 Å². The van der Waals surface area contributed by atoms with Crippen molar-refractivity contribution in [1.29, 1.82) is 0 Å². The van der Waals surface area contributed by atoms with E-state index in [4.69, 9.17) is 15.2 Å². The molecule has 1 unspecified atom stereocenters. The van der Waals surface area contributed by atoms with Gasteiger partial charge in [0.05, 0.1) is 23.4 Å². The number of carbonyl (C=O) groups excluding carboxylic acids is 3. The molecule has 3 fully saturated rings. The third-order valence-electron chi connectivity index (χ3n) is 7.07. The summed E-state index contributed by atoms with van der Waals surface area (Å²) in [6.07, 6.45) is 2.22. The van der Waals surface area contributed by atoms with Crippen molar-refractivity contribution in [3.8, 4) is 0 Å². The Morgan fingerprint density at radius 3 is 2.59 bits per heavy atom. The van der Waals surface area contributed by atoms with Crippen LogP contribution in [0.3, 0.4) is 0 Å². The van der Waals surface area contributed by atoms with Gasteiger partial charge in [-0.15, -0.1) is 0 Å². The Kier molecular flexibility index (Phi) is 4.05. The topological polar surface area (TPSA) is 124 Å². The summed E-state index contributed by atoms with van der Waals surface area (Å²) in [6.45, 7) is 3.75. The van der Waals surface area contributed by atoms with Crippen molar-refractivity contribution in [1.82, 2.24) is 15.1 Å². The molecular formula is C20H26N4O5. The summed E-state index contributed by atoms with van der Waals surface area (Å²) in [6, 6.07) is 0.162. The molecule has 4 aliphatic heterocycles. The number of nitrogens with zero attached hydrogens (tertiary/aromatic N) is 2. The second kappa shape index (κ2) is 6.30. The number of methoxy groups -OCH3 is 1. The molecule has 0 bridgehead atoms. The standard InChI is InChI=1S/C20H26N4O5/c1-10-14(23-6-4-3-5-7-23)17(26)13-11(9-29-19(21)27)20(28-2)18-12(22-18)8-24(20)15(13)16(10)25/h11-12,18,22H,3-9H2,1-2H3,(H2,21,27)/t11-,12+,18+,20?/m0/s1. The normalized spacial score (nSPS) is 35.7. The van der Waals surface area contributed by atoms with E-state index in [0.717, 1.165) is 32.4 Å². The first-order valence-electron chi connectivity index (χ1n) is 10.2. The summed E-state index contributed by atoms with van der Waals surface area (Å²) in [5, 5.41) is 3.36. The van der Waals surface area contributed by atoms with Gasteiger partial charge in [-0.2, -0.15) is 0 Å². The van der Waals surface area contributed by atoms with E-state index in [1.54, 1.807) is 14.0 Å². The average molecular weight is 402 g/mol. The lowest BCUT2D eigenvalue weighted by molar-refractivity contribution is -0.137. The van der Waals surface area contributed by atoms with Crippen LogP contribution in [0.2, 0.25) is 0 Å². The van der Waals surface area contributed by atoms with E-state index in [1.807, 2.05) is 9.80 Å². The van der Waals surface area contributed by atoms with Crippen LogP contribution in [0.4, 0.5) is 4.79 Å².